The Morgan fingerprint density at radius 1 is 1.40 bits per heavy atom. The first kappa shape index (κ1) is 14.9. The molecule has 1 aromatic carbocycles. The summed E-state index contributed by atoms with van der Waals surface area (Å²) in [6.45, 7) is 9.26. The highest BCUT2D eigenvalue weighted by atomic mass is 16.2. The Hall–Kier alpha value is -1.55. The first-order valence-corrected chi connectivity index (χ1v) is 7.23. The molecule has 0 saturated carbocycles. The number of likely N-dealkylation sites (tertiary alicyclic amines) is 1. The van der Waals surface area contributed by atoms with Gasteiger partial charge in [0, 0.05) is 6.54 Å². The zero-order valence-electron chi connectivity index (χ0n) is 12.6. The molecule has 0 aromatic heterocycles. The molecular weight excluding hydrogens is 250 g/mol. The Morgan fingerprint density at radius 2 is 2.10 bits per heavy atom. The van der Waals surface area contributed by atoms with Gasteiger partial charge in [-0.1, -0.05) is 32.9 Å². The topological polar surface area (TPSA) is 58.4 Å². The third-order valence-corrected chi connectivity index (χ3v) is 4.10. The smallest absolute Gasteiger partial charge is 0.238 e. The van der Waals surface area contributed by atoms with Gasteiger partial charge in [-0.3, -0.25) is 9.69 Å². The van der Waals surface area contributed by atoms with Crippen LogP contribution in [0.15, 0.2) is 24.3 Å². The molecule has 0 aliphatic carbocycles. The number of para-hydroxylation sites is 2. The van der Waals surface area contributed by atoms with Crippen molar-refractivity contribution >= 4 is 17.3 Å². The average Bonchev–Trinajstić information content (AvgIpc) is 2.80. The van der Waals surface area contributed by atoms with Gasteiger partial charge >= 0.3 is 0 Å². The number of hydrogen-bond donors (Lipinski definition) is 2. The van der Waals surface area contributed by atoms with Crippen LogP contribution in [-0.4, -0.2) is 30.4 Å². The molecule has 1 unspecified atom stereocenters. The van der Waals surface area contributed by atoms with Gasteiger partial charge < -0.3 is 11.1 Å². The molecule has 1 aromatic rings. The highest BCUT2D eigenvalue weighted by Gasteiger charge is 2.32. The molecule has 20 heavy (non-hydrogen) atoms. The molecule has 1 amide bonds. The first-order valence-electron chi connectivity index (χ1n) is 7.23. The van der Waals surface area contributed by atoms with Crippen molar-refractivity contribution in [3.63, 3.8) is 0 Å². The number of carbonyl (C=O) groups excluding carboxylic acids is 1. The second kappa shape index (κ2) is 5.83. The number of nitrogens with one attached hydrogen (secondary N) is 1. The van der Waals surface area contributed by atoms with Gasteiger partial charge in [0.2, 0.25) is 5.91 Å². The van der Waals surface area contributed by atoms with Crippen molar-refractivity contribution in [3.8, 4) is 0 Å². The summed E-state index contributed by atoms with van der Waals surface area (Å²) in [5, 5.41) is 2.89. The number of carbonyl (C=O) groups is 1. The maximum absolute atomic E-state index is 12.1. The third-order valence-electron chi connectivity index (χ3n) is 4.10. The Balaban J connectivity index is 1.86. The lowest BCUT2D eigenvalue weighted by Crippen LogP contribution is -2.33. The lowest BCUT2D eigenvalue weighted by atomic mass is 9.80. The average molecular weight is 275 g/mol. The van der Waals surface area contributed by atoms with E-state index < -0.39 is 0 Å². The Kier molecular flexibility index (Phi) is 4.33. The van der Waals surface area contributed by atoms with Crippen LogP contribution in [0, 0.1) is 11.3 Å². The predicted octanol–water partition coefficient (Wildman–Crippen LogP) is 2.58. The van der Waals surface area contributed by atoms with Crippen molar-refractivity contribution in [1.29, 1.82) is 0 Å². The van der Waals surface area contributed by atoms with Crippen LogP contribution in [0.5, 0.6) is 0 Å². The number of nitrogens with two attached hydrogens (primary N) is 1. The summed E-state index contributed by atoms with van der Waals surface area (Å²) in [6.07, 6.45) is 1.17. The van der Waals surface area contributed by atoms with Gasteiger partial charge in [-0.05, 0) is 36.4 Å². The minimum atomic E-state index is 0.0115. The van der Waals surface area contributed by atoms with Gasteiger partial charge in [0.1, 0.15) is 0 Å². The molecule has 3 N–H and O–H groups in total. The second-order valence-electron chi connectivity index (χ2n) is 6.72. The number of rotatable bonds is 3. The van der Waals surface area contributed by atoms with Crippen molar-refractivity contribution in [2.45, 2.75) is 27.2 Å². The largest absolute Gasteiger partial charge is 0.397 e. The standard InChI is InChI=1S/C16H25N3O/c1-16(2,3)12-8-9-19(10-12)11-15(20)18-14-7-5-4-6-13(14)17/h4-7,12H,8-11,17H2,1-3H3,(H,18,20). The number of anilines is 2. The van der Waals surface area contributed by atoms with Crippen molar-refractivity contribution in [2.24, 2.45) is 11.3 Å². The maximum Gasteiger partial charge on any atom is 0.238 e. The van der Waals surface area contributed by atoms with Crippen LogP contribution >= 0.6 is 0 Å². The predicted molar refractivity (Wildman–Crippen MR) is 83.5 cm³/mol. The van der Waals surface area contributed by atoms with E-state index in [0.717, 1.165) is 13.1 Å². The molecule has 1 saturated heterocycles. The fourth-order valence-electron chi connectivity index (χ4n) is 2.69. The van der Waals surface area contributed by atoms with E-state index >= 15 is 0 Å². The maximum atomic E-state index is 12.1. The zero-order chi connectivity index (χ0) is 14.8. The number of amides is 1. The van der Waals surface area contributed by atoms with E-state index in [4.69, 9.17) is 5.73 Å². The summed E-state index contributed by atoms with van der Waals surface area (Å²) in [5.41, 5.74) is 7.45. The normalized spacial score (nSPS) is 20.1. The SMILES string of the molecule is CC(C)(C)C1CCN(CC(=O)Nc2ccccc2N)C1. The van der Waals surface area contributed by atoms with Crippen LogP contribution in [-0.2, 0) is 4.79 Å². The molecule has 4 heteroatoms. The quantitative estimate of drug-likeness (QED) is 0.834. The number of nitrogen functional groups attached to an aromatic ring is 1. The molecular formula is C16H25N3O. The Morgan fingerprint density at radius 3 is 2.70 bits per heavy atom. The number of benzene rings is 1. The monoisotopic (exact) mass is 275 g/mol. The van der Waals surface area contributed by atoms with E-state index in [2.05, 4.69) is 31.0 Å². The van der Waals surface area contributed by atoms with E-state index in [1.54, 1.807) is 6.07 Å². The van der Waals surface area contributed by atoms with E-state index in [9.17, 15) is 4.79 Å². The van der Waals surface area contributed by atoms with Gasteiger partial charge in [-0.15, -0.1) is 0 Å². The molecule has 1 aliphatic rings. The summed E-state index contributed by atoms with van der Waals surface area (Å²) >= 11 is 0. The van der Waals surface area contributed by atoms with Crippen molar-refractivity contribution in [3.05, 3.63) is 24.3 Å². The lowest BCUT2D eigenvalue weighted by Gasteiger charge is -2.27. The van der Waals surface area contributed by atoms with Crippen LogP contribution in [0.25, 0.3) is 0 Å². The summed E-state index contributed by atoms with van der Waals surface area (Å²) in [4.78, 5) is 14.3. The van der Waals surface area contributed by atoms with E-state index in [0.29, 0.717) is 29.3 Å². The van der Waals surface area contributed by atoms with E-state index in [1.165, 1.54) is 6.42 Å². The third kappa shape index (κ3) is 3.73. The highest BCUT2D eigenvalue weighted by molar-refractivity contribution is 5.95. The van der Waals surface area contributed by atoms with Crippen LogP contribution in [0.1, 0.15) is 27.2 Å². The molecule has 2 rings (SSSR count). The van der Waals surface area contributed by atoms with Crippen LogP contribution in [0.4, 0.5) is 11.4 Å². The van der Waals surface area contributed by atoms with Crippen LogP contribution < -0.4 is 11.1 Å². The zero-order valence-corrected chi connectivity index (χ0v) is 12.6. The van der Waals surface area contributed by atoms with Gasteiger partial charge in [-0.2, -0.15) is 0 Å². The number of hydrogen-bond acceptors (Lipinski definition) is 3. The molecule has 110 valence electrons. The first-order chi connectivity index (χ1) is 9.36. The van der Waals surface area contributed by atoms with Crippen LogP contribution in [0.3, 0.4) is 0 Å². The molecule has 0 spiro atoms. The molecule has 1 heterocycles. The summed E-state index contributed by atoms with van der Waals surface area (Å²) in [5.74, 6) is 0.676. The van der Waals surface area contributed by atoms with E-state index in [-0.39, 0.29) is 5.91 Å². The lowest BCUT2D eigenvalue weighted by molar-refractivity contribution is -0.117. The Bertz CT molecular complexity index is 479. The minimum Gasteiger partial charge on any atom is -0.397 e. The van der Waals surface area contributed by atoms with Gasteiger partial charge in [-0.25, -0.2) is 0 Å². The fraction of sp³-hybridized carbons (Fsp3) is 0.562. The number of nitrogens with zero attached hydrogens (tertiary/aromatic N) is 1. The minimum absolute atomic E-state index is 0.0115. The summed E-state index contributed by atoms with van der Waals surface area (Å²) < 4.78 is 0. The van der Waals surface area contributed by atoms with Crippen molar-refractivity contribution in [1.82, 2.24) is 4.90 Å². The molecule has 1 fully saturated rings. The van der Waals surface area contributed by atoms with Crippen molar-refractivity contribution in [2.75, 3.05) is 30.7 Å². The second-order valence-corrected chi connectivity index (χ2v) is 6.72. The molecule has 0 bridgehead atoms. The van der Waals surface area contributed by atoms with E-state index in [1.807, 2.05) is 18.2 Å². The molecule has 4 nitrogen and oxygen atoms in total. The highest BCUT2D eigenvalue weighted by Crippen LogP contribution is 2.33. The molecule has 1 atom stereocenters. The van der Waals surface area contributed by atoms with Gasteiger partial charge in [0.05, 0.1) is 17.9 Å². The van der Waals surface area contributed by atoms with Gasteiger partial charge in [0.15, 0.2) is 0 Å². The van der Waals surface area contributed by atoms with Crippen LogP contribution in [0.2, 0.25) is 0 Å². The molecule has 0 radical (unpaired) electrons. The van der Waals surface area contributed by atoms with Crippen molar-refractivity contribution < 1.29 is 4.79 Å². The van der Waals surface area contributed by atoms with Gasteiger partial charge in [0.25, 0.3) is 0 Å². The Labute approximate surface area is 121 Å². The fourth-order valence-corrected chi connectivity index (χ4v) is 2.69. The summed E-state index contributed by atoms with van der Waals surface area (Å²) in [6, 6.07) is 7.35. The summed E-state index contributed by atoms with van der Waals surface area (Å²) in [7, 11) is 0. The molecule has 1 aliphatic heterocycles.